The Bertz CT molecular complexity index is 3390. The minimum atomic E-state index is -0.534. The van der Waals surface area contributed by atoms with E-state index in [0.717, 1.165) is 32.2 Å². The molecule has 0 unspecified atom stereocenters. The predicted octanol–water partition coefficient (Wildman–Crippen LogP) is 12.8. The monoisotopic (exact) mass is 830 g/mol. The number of hydrogen-bond acceptors (Lipinski definition) is 4. The molecule has 1 aliphatic rings. The Hall–Kier alpha value is -7.30. The molecule has 12 rings (SSSR count). The van der Waals surface area contributed by atoms with Crippen LogP contribution in [0.15, 0.2) is 206 Å². The molecule has 0 radical (unpaired) electrons. The number of fused-ring (bicyclic) bond motifs is 7. The van der Waals surface area contributed by atoms with Gasteiger partial charge in [-0.05, 0) is 0 Å². The number of benzene rings is 9. The minimum absolute atomic E-state index is 0.0169. The molecule has 2 aromatic heterocycles. The van der Waals surface area contributed by atoms with Crippen LogP contribution in [0, 0.1) is 0 Å². The molecule has 60 heavy (non-hydrogen) atoms. The summed E-state index contributed by atoms with van der Waals surface area (Å²) in [6.45, 7) is 0. The Labute approximate surface area is 353 Å². The third-order valence-corrected chi connectivity index (χ3v) is 14.4. The van der Waals surface area contributed by atoms with Crippen molar-refractivity contribution in [2.24, 2.45) is 0 Å². The van der Waals surface area contributed by atoms with Crippen LogP contribution in [0.2, 0.25) is 0 Å². The number of nitrogens with zero attached hydrogens (tertiary/aromatic N) is 4. The quantitative estimate of drug-likeness (QED) is 0.157. The second-order valence-corrected chi connectivity index (χ2v) is 17.4. The van der Waals surface area contributed by atoms with Gasteiger partial charge in [-0.1, -0.05) is 84.9 Å². The molecule has 280 valence electrons. The van der Waals surface area contributed by atoms with Gasteiger partial charge in [0, 0.05) is 0 Å². The standard InChI is InChI=1S/C55H34N4Se/c1-4-17-36(18-5-1)51-57-52(37-30-31-43-42-25-12-13-29-47(42)55(48(43)34-37,38-20-6-2-7-21-38)39-22-8-3-9-23-39)59-53(58-51)45-27-15-26-44-41(45)32-33-49-50(44)60-54(56-49)46-28-14-19-35-16-10-11-24-40(35)46/h1-34H. The Morgan fingerprint density at radius 3 is 1.73 bits per heavy atom. The summed E-state index contributed by atoms with van der Waals surface area (Å²) in [7, 11) is 0. The van der Waals surface area contributed by atoms with Gasteiger partial charge in [-0.25, -0.2) is 0 Å². The second kappa shape index (κ2) is 13.9. The summed E-state index contributed by atoms with van der Waals surface area (Å²) < 4.78 is 2.44. The molecule has 0 N–H and O–H groups in total. The Morgan fingerprint density at radius 2 is 0.933 bits per heavy atom. The molecule has 0 saturated heterocycles. The summed E-state index contributed by atoms with van der Waals surface area (Å²) in [6.07, 6.45) is 0. The van der Waals surface area contributed by atoms with Gasteiger partial charge in [0.15, 0.2) is 0 Å². The molecule has 0 amide bonds. The van der Waals surface area contributed by atoms with Crippen LogP contribution in [-0.4, -0.2) is 34.4 Å². The van der Waals surface area contributed by atoms with E-state index in [0.29, 0.717) is 17.5 Å². The van der Waals surface area contributed by atoms with Crippen LogP contribution < -0.4 is 0 Å². The van der Waals surface area contributed by atoms with E-state index in [-0.39, 0.29) is 14.5 Å². The van der Waals surface area contributed by atoms with Crippen LogP contribution >= 0.6 is 0 Å². The van der Waals surface area contributed by atoms with E-state index in [4.69, 9.17) is 19.9 Å². The molecule has 0 atom stereocenters. The van der Waals surface area contributed by atoms with Gasteiger partial charge >= 0.3 is 270 Å². The summed E-state index contributed by atoms with van der Waals surface area (Å²) >= 11 is 0.0169. The summed E-state index contributed by atoms with van der Waals surface area (Å²) in [6, 6.07) is 73.7. The zero-order valence-corrected chi connectivity index (χ0v) is 34.0. The summed E-state index contributed by atoms with van der Waals surface area (Å²) in [5.74, 6) is 1.92. The molecule has 1 aliphatic carbocycles. The maximum atomic E-state index is 5.36. The van der Waals surface area contributed by atoms with Gasteiger partial charge in [0.05, 0.1) is 0 Å². The first-order chi connectivity index (χ1) is 29.7. The van der Waals surface area contributed by atoms with Crippen LogP contribution in [0.4, 0.5) is 0 Å². The Balaban J connectivity index is 1.06. The molecule has 0 spiro atoms. The van der Waals surface area contributed by atoms with E-state index in [1.165, 1.54) is 59.4 Å². The van der Waals surface area contributed by atoms with Crippen molar-refractivity contribution >= 4 is 45.8 Å². The zero-order valence-electron chi connectivity index (χ0n) is 32.3. The van der Waals surface area contributed by atoms with Crippen molar-refractivity contribution in [1.82, 2.24) is 19.9 Å². The van der Waals surface area contributed by atoms with Gasteiger partial charge in [0.2, 0.25) is 0 Å². The second-order valence-electron chi connectivity index (χ2n) is 15.3. The van der Waals surface area contributed by atoms with Crippen molar-refractivity contribution in [3.8, 4) is 55.4 Å². The SMILES string of the molecule is c1ccc(-c2nc(-c3ccc4c(c3)C(c3ccccc3)(c3ccccc3)c3ccccc3-4)nc(-c3cccc4c3ccc3nc(-c5cccc6ccccc56)[se]c34)n2)cc1. The molecule has 0 saturated carbocycles. The first-order valence-corrected chi connectivity index (χ1v) is 21.9. The van der Waals surface area contributed by atoms with E-state index in [9.17, 15) is 0 Å². The van der Waals surface area contributed by atoms with Gasteiger partial charge < -0.3 is 0 Å². The number of aromatic nitrogens is 4. The van der Waals surface area contributed by atoms with Crippen molar-refractivity contribution in [1.29, 1.82) is 0 Å². The number of hydrogen-bond donors (Lipinski definition) is 0. The van der Waals surface area contributed by atoms with E-state index in [1.54, 1.807) is 0 Å². The van der Waals surface area contributed by atoms with Crippen LogP contribution in [0.1, 0.15) is 22.3 Å². The molecule has 5 heteroatoms. The Kier molecular flexibility index (Phi) is 8.05. The van der Waals surface area contributed by atoms with Crippen LogP contribution in [0.5, 0.6) is 0 Å². The van der Waals surface area contributed by atoms with Crippen molar-refractivity contribution < 1.29 is 0 Å². The molecule has 4 nitrogen and oxygen atoms in total. The van der Waals surface area contributed by atoms with E-state index < -0.39 is 5.41 Å². The van der Waals surface area contributed by atoms with Gasteiger partial charge in [-0.15, -0.1) is 0 Å². The fourth-order valence-electron chi connectivity index (χ4n) is 9.39. The van der Waals surface area contributed by atoms with Gasteiger partial charge in [-0.3, -0.25) is 0 Å². The topological polar surface area (TPSA) is 51.6 Å². The van der Waals surface area contributed by atoms with Crippen molar-refractivity contribution in [3.05, 3.63) is 229 Å². The van der Waals surface area contributed by atoms with Crippen molar-refractivity contribution in [2.75, 3.05) is 0 Å². The van der Waals surface area contributed by atoms with Crippen LogP contribution in [0.3, 0.4) is 0 Å². The first kappa shape index (κ1) is 34.7. The fraction of sp³-hybridized carbons (Fsp3) is 0.0182. The molecule has 0 aliphatic heterocycles. The summed E-state index contributed by atoms with van der Waals surface area (Å²) in [4.78, 5) is 21.1. The average Bonchev–Trinajstić information content (AvgIpc) is 3.90. The molecule has 0 fully saturated rings. The summed E-state index contributed by atoms with van der Waals surface area (Å²) in [5, 5.41) is 4.78. The molecule has 0 bridgehead atoms. The van der Waals surface area contributed by atoms with Crippen LogP contribution in [0.25, 0.3) is 86.7 Å². The normalized spacial score (nSPS) is 12.8. The predicted molar refractivity (Wildman–Crippen MR) is 246 cm³/mol. The van der Waals surface area contributed by atoms with E-state index in [2.05, 4.69) is 188 Å². The molecule has 2 heterocycles. The Morgan fingerprint density at radius 1 is 0.350 bits per heavy atom. The third-order valence-electron chi connectivity index (χ3n) is 12.1. The van der Waals surface area contributed by atoms with Crippen LogP contribution in [-0.2, 0) is 5.41 Å². The van der Waals surface area contributed by atoms with Gasteiger partial charge in [-0.2, -0.15) is 0 Å². The third kappa shape index (κ3) is 5.37. The first-order valence-electron chi connectivity index (χ1n) is 20.2. The molecule has 9 aromatic carbocycles. The zero-order chi connectivity index (χ0) is 39.6. The summed E-state index contributed by atoms with van der Waals surface area (Å²) in [5.41, 5.74) is 12.0. The number of rotatable bonds is 6. The fourth-order valence-corrected chi connectivity index (χ4v) is 11.8. The van der Waals surface area contributed by atoms with Gasteiger partial charge in [0.1, 0.15) is 0 Å². The van der Waals surface area contributed by atoms with Crippen molar-refractivity contribution in [2.45, 2.75) is 5.41 Å². The van der Waals surface area contributed by atoms with Crippen molar-refractivity contribution in [3.63, 3.8) is 0 Å². The maximum absolute atomic E-state index is 5.36. The molecule has 11 aromatic rings. The molecular weight excluding hydrogens is 796 g/mol. The average molecular weight is 830 g/mol. The van der Waals surface area contributed by atoms with Gasteiger partial charge in [0.25, 0.3) is 0 Å². The van der Waals surface area contributed by atoms with E-state index in [1.807, 2.05) is 18.2 Å². The van der Waals surface area contributed by atoms with E-state index >= 15 is 0 Å². The molecular formula is C55H34N4Se.